The smallest absolute Gasteiger partial charge is 0.165 e. The van der Waals surface area contributed by atoms with Gasteiger partial charge >= 0.3 is 0 Å². The summed E-state index contributed by atoms with van der Waals surface area (Å²) in [5.74, 6) is -0.137. The molecule has 1 aliphatic heterocycles. The maximum atomic E-state index is 14.4. The van der Waals surface area contributed by atoms with Crippen LogP contribution in [0.4, 0.5) is 4.39 Å². The van der Waals surface area contributed by atoms with Gasteiger partial charge in [0.25, 0.3) is 0 Å². The molecule has 0 saturated heterocycles. The Balaban J connectivity index is 1.76. The number of aryl methyl sites for hydroxylation is 1. The summed E-state index contributed by atoms with van der Waals surface area (Å²) in [5, 5.41) is 11.0. The van der Waals surface area contributed by atoms with Crippen LogP contribution in [0, 0.1) is 12.7 Å². The van der Waals surface area contributed by atoms with Crippen molar-refractivity contribution in [2.45, 2.75) is 45.1 Å². The van der Waals surface area contributed by atoms with Crippen LogP contribution in [0.15, 0.2) is 66.9 Å². The lowest BCUT2D eigenvalue weighted by atomic mass is 9.75. The molecule has 0 saturated carbocycles. The average molecular weight is 430 g/mol. The van der Waals surface area contributed by atoms with Gasteiger partial charge in [-0.1, -0.05) is 42.5 Å². The van der Waals surface area contributed by atoms with Crippen molar-refractivity contribution in [2.24, 2.45) is 0 Å². The molecule has 0 amide bonds. The van der Waals surface area contributed by atoms with Crippen molar-refractivity contribution in [3.63, 3.8) is 0 Å². The number of hydrogen-bond donors (Lipinski definition) is 1. The Hall–Kier alpha value is -3.27. The van der Waals surface area contributed by atoms with E-state index in [1.54, 1.807) is 0 Å². The molecule has 32 heavy (non-hydrogen) atoms. The first-order valence-corrected chi connectivity index (χ1v) is 11.1. The van der Waals surface area contributed by atoms with Crippen LogP contribution in [0.2, 0.25) is 0 Å². The number of fused-ring (bicyclic) bond motifs is 2. The summed E-state index contributed by atoms with van der Waals surface area (Å²) in [5.41, 5.74) is 5.26. The van der Waals surface area contributed by atoms with Crippen LogP contribution >= 0.6 is 0 Å². The number of benzene rings is 3. The fourth-order valence-corrected chi connectivity index (χ4v) is 5.06. The molecule has 0 aliphatic carbocycles. The zero-order valence-corrected chi connectivity index (χ0v) is 18.9. The topological polar surface area (TPSA) is 34.4 Å². The number of aromatic hydroxyl groups is 1. The Bertz CT molecular complexity index is 1320. The molecule has 0 fully saturated rings. The molecule has 5 rings (SSSR count). The number of aromatic nitrogens is 1. The highest BCUT2D eigenvalue weighted by atomic mass is 19.1. The molecular weight excluding hydrogens is 401 g/mol. The second-order valence-corrected chi connectivity index (χ2v) is 9.74. The van der Waals surface area contributed by atoms with E-state index >= 15 is 0 Å². The molecule has 1 aliphatic rings. The van der Waals surface area contributed by atoms with Crippen LogP contribution in [0.1, 0.15) is 54.9 Å². The summed E-state index contributed by atoms with van der Waals surface area (Å²) >= 11 is 0. The van der Waals surface area contributed by atoms with Crippen LogP contribution in [0.3, 0.4) is 0 Å². The number of para-hydroxylation sites is 2. The van der Waals surface area contributed by atoms with Gasteiger partial charge in [-0.3, -0.25) is 0 Å². The van der Waals surface area contributed by atoms with Gasteiger partial charge in [-0.2, -0.15) is 0 Å². The lowest BCUT2D eigenvalue weighted by molar-refractivity contribution is 0.247. The lowest BCUT2D eigenvalue weighted by Gasteiger charge is -2.35. The Morgan fingerprint density at radius 2 is 1.78 bits per heavy atom. The van der Waals surface area contributed by atoms with Gasteiger partial charge in [-0.15, -0.1) is 0 Å². The summed E-state index contributed by atoms with van der Waals surface area (Å²) in [6.07, 6.45) is 2.24. The van der Waals surface area contributed by atoms with Gasteiger partial charge in [-0.25, -0.2) is 4.39 Å². The predicted octanol–water partition coefficient (Wildman–Crippen LogP) is 6.86. The number of phenolic OH excluding ortho intramolecular Hbond substituents is 1. The molecule has 2 heterocycles. The third kappa shape index (κ3) is 3.26. The number of halogens is 1. The van der Waals surface area contributed by atoms with E-state index in [1.165, 1.54) is 28.6 Å². The van der Waals surface area contributed by atoms with Crippen molar-refractivity contribution in [3.8, 4) is 11.5 Å². The average Bonchev–Trinajstić information content (AvgIpc) is 3.15. The fraction of sp³-hybridized carbons (Fsp3) is 0.286. The highest BCUT2D eigenvalue weighted by Crippen LogP contribution is 2.49. The van der Waals surface area contributed by atoms with Crippen LogP contribution in [0.5, 0.6) is 11.5 Å². The van der Waals surface area contributed by atoms with E-state index in [0.29, 0.717) is 6.61 Å². The van der Waals surface area contributed by atoms with Gasteiger partial charge in [0, 0.05) is 40.0 Å². The SMILES string of the molecule is Cc1cccc2c1OCC(c1cn(C(C)(C)C)c3ccccc13)C2c1ccc(O)c(F)c1. The first-order chi connectivity index (χ1) is 15.3. The summed E-state index contributed by atoms with van der Waals surface area (Å²) in [4.78, 5) is 0. The lowest BCUT2D eigenvalue weighted by Crippen LogP contribution is -2.26. The number of ether oxygens (including phenoxy) is 1. The molecule has 1 aromatic heterocycles. The molecule has 0 spiro atoms. The quantitative estimate of drug-likeness (QED) is 0.378. The maximum Gasteiger partial charge on any atom is 0.165 e. The molecular formula is C28H28FNO2. The highest BCUT2D eigenvalue weighted by molar-refractivity contribution is 5.85. The molecule has 1 N–H and O–H groups in total. The summed E-state index contributed by atoms with van der Waals surface area (Å²) < 4.78 is 23.1. The molecule has 2 unspecified atom stereocenters. The first kappa shape index (κ1) is 20.6. The predicted molar refractivity (Wildman–Crippen MR) is 126 cm³/mol. The minimum absolute atomic E-state index is 0.00161. The van der Waals surface area contributed by atoms with E-state index < -0.39 is 5.82 Å². The van der Waals surface area contributed by atoms with Gasteiger partial charge in [0.2, 0.25) is 0 Å². The van der Waals surface area contributed by atoms with Crippen molar-refractivity contribution >= 4 is 10.9 Å². The van der Waals surface area contributed by atoms with Gasteiger partial charge < -0.3 is 14.4 Å². The zero-order chi connectivity index (χ0) is 22.6. The largest absolute Gasteiger partial charge is 0.505 e. The van der Waals surface area contributed by atoms with E-state index in [4.69, 9.17) is 4.74 Å². The second-order valence-electron chi connectivity index (χ2n) is 9.74. The van der Waals surface area contributed by atoms with Crippen molar-refractivity contribution in [3.05, 3.63) is 94.9 Å². The number of rotatable bonds is 2. The minimum atomic E-state index is -0.598. The molecule has 0 bridgehead atoms. The van der Waals surface area contributed by atoms with Crippen LogP contribution < -0.4 is 4.74 Å². The number of nitrogens with zero attached hydrogens (tertiary/aromatic N) is 1. The molecule has 0 radical (unpaired) electrons. The molecule has 4 aromatic rings. The third-order valence-electron chi connectivity index (χ3n) is 6.58. The van der Waals surface area contributed by atoms with E-state index in [-0.39, 0.29) is 23.1 Å². The van der Waals surface area contributed by atoms with Gasteiger partial charge in [-0.05, 0) is 62.6 Å². The van der Waals surface area contributed by atoms with E-state index in [0.717, 1.165) is 22.4 Å². The summed E-state index contributed by atoms with van der Waals surface area (Å²) in [6.45, 7) is 9.15. The Kier molecular flexibility index (Phi) is 4.77. The number of hydrogen-bond acceptors (Lipinski definition) is 2. The van der Waals surface area contributed by atoms with E-state index in [9.17, 15) is 9.50 Å². The molecule has 3 nitrogen and oxygen atoms in total. The normalized spacial score (nSPS) is 18.4. The highest BCUT2D eigenvalue weighted by Gasteiger charge is 2.36. The summed E-state index contributed by atoms with van der Waals surface area (Å²) in [6, 6.07) is 19.3. The molecule has 4 heteroatoms. The van der Waals surface area contributed by atoms with Crippen LogP contribution in [0.25, 0.3) is 10.9 Å². The standard InChI is InChI=1S/C28H28FNO2/c1-17-8-7-10-20-26(18-12-13-25(31)23(29)14-18)22(16-32-27(17)20)21-15-30(28(2,3)4)24-11-6-5-9-19(21)24/h5-15,22,26,31H,16H2,1-4H3. The van der Waals surface area contributed by atoms with E-state index in [1.807, 2.05) is 25.1 Å². The Labute approximate surface area is 188 Å². The van der Waals surface area contributed by atoms with Crippen molar-refractivity contribution in [1.82, 2.24) is 4.57 Å². The van der Waals surface area contributed by atoms with E-state index in [2.05, 4.69) is 61.9 Å². The minimum Gasteiger partial charge on any atom is -0.505 e. The monoisotopic (exact) mass is 429 g/mol. The third-order valence-corrected chi connectivity index (χ3v) is 6.58. The number of phenols is 1. The van der Waals surface area contributed by atoms with Gasteiger partial charge in [0.15, 0.2) is 11.6 Å². The van der Waals surface area contributed by atoms with Crippen LogP contribution in [-0.4, -0.2) is 16.3 Å². The van der Waals surface area contributed by atoms with Gasteiger partial charge in [0.1, 0.15) is 5.75 Å². The Morgan fingerprint density at radius 1 is 1.00 bits per heavy atom. The van der Waals surface area contributed by atoms with Crippen molar-refractivity contribution < 1.29 is 14.2 Å². The van der Waals surface area contributed by atoms with Crippen molar-refractivity contribution in [2.75, 3.05) is 6.61 Å². The molecule has 164 valence electrons. The maximum absolute atomic E-state index is 14.4. The molecule has 2 atom stereocenters. The van der Waals surface area contributed by atoms with Gasteiger partial charge in [0.05, 0.1) is 6.61 Å². The first-order valence-electron chi connectivity index (χ1n) is 11.1. The fourth-order valence-electron chi connectivity index (χ4n) is 5.06. The summed E-state index contributed by atoms with van der Waals surface area (Å²) in [7, 11) is 0. The van der Waals surface area contributed by atoms with Crippen LogP contribution in [-0.2, 0) is 5.54 Å². The zero-order valence-electron chi connectivity index (χ0n) is 18.9. The Morgan fingerprint density at radius 3 is 2.53 bits per heavy atom. The molecule has 3 aromatic carbocycles. The van der Waals surface area contributed by atoms with Crippen molar-refractivity contribution in [1.29, 1.82) is 0 Å². The second kappa shape index (κ2) is 7.40.